The normalized spacial score (nSPS) is 14.0. The molecule has 4 aromatic carbocycles. The Morgan fingerprint density at radius 1 is 0.474 bits per heavy atom. The van der Waals surface area contributed by atoms with Gasteiger partial charge in [-0.2, -0.15) is 0 Å². The van der Waals surface area contributed by atoms with Gasteiger partial charge in [-0.25, -0.2) is 20.0 Å². The van der Waals surface area contributed by atoms with Crippen LogP contribution in [0.3, 0.4) is 0 Å². The highest BCUT2D eigenvalue weighted by molar-refractivity contribution is 6.34. The van der Waals surface area contributed by atoms with Crippen LogP contribution in [-0.2, 0) is 6.67 Å². The Kier molecular flexibility index (Phi) is 20.2. The van der Waals surface area contributed by atoms with Gasteiger partial charge in [-0.05, 0) is 6.08 Å². The van der Waals surface area contributed by atoms with Gasteiger partial charge in [0.1, 0.15) is 35.8 Å². The van der Waals surface area contributed by atoms with Crippen LogP contribution in [-0.4, -0.2) is 26.5 Å². The summed E-state index contributed by atoms with van der Waals surface area (Å²) in [5.41, 5.74) is 6.16. The maximum atomic E-state index is 5.40. The van der Waals surface area contributed by atoms with Gasteiger partial charge in [0.2, 0.25) is 0 Å². The minimum Gasteiger partial charge on any atom is -0.344 e. The van der Waals surface area contributed by atoms with Crippen LogP contribution < -0.4 is 16.2 Å². The van der Waals surface area contributed by atoms with Gasteiger partial charge in [-0.3, -0.25) is 4.57 Å². The van der Waals surface area contributed by atoms with Crippen molar-refractivity contribution in [1.29, 1.82) is 0 Å². The lowest BCUT2D eigenvalue weighted by Crippen LogP contribution is -2.33. The lowest BCUT2D eigenvalue weighted by molar-refractivity contribution is 0.567. The van der Waals surface area contributed by atoms with Crippen molar-refractivity contribution in [3.8, 4) is 0 Å². The molecule has 1 N–H and O–H groups in total. The van der Waals surface area contributed by atoms with Crippen molar-refractivity contribution >= 4 is 56.6 Å². The number of hydrogen-bond donors (Lipinski definition) is 1. The second kappa shape index (κ2) is 24.2. The molecule has 2 aromatic heterocycles. The van der Waals surface area contributed by atoms with Gasteiger partial charge in [-0.15, -0.1) is 0 Å². The fraction of sp³-hybridized carbons (Fsp3) is 0.360. The van der Waals surface area contributed by atoms with Crippen molar-refractivity contribution in [3.05, 3.63) is 130 Å². The average molecular weight is 768 g/mol. The Morgan fingerprint density at radius 2 is 0.947 bits per heavy atom. The van der Waals surface area contributed by atoms with Gasteiger partial charge >= 0.3 is 0 Å². The first kappa shape index (κ1) is 47.6. The average Bonchev–Trinajstić information content (AvgIpc) is 4.03. The molecule has 6 bridgehead atoms. The van der Waals surface area contributed by atoms with Crippen molar-refractivity contribution in [3.63, 3.8) is 0 Å². The second-order valence-corrected chi connectivity index (χ2v) is 10.8. The van der Waals surface area contributed by atoms with Gasteiger partial charge in [0.15, 0.2) is 5.84 Å². The summed E-state index contributed by atoms with van der Waals surface area (Å²) in [4.78, 5) is 21.1. The number of amidine groups is 2. The zero-order chi connectivity index (χ0) is 42.7. The fourth-order valence-corrected chi connectivity index (χ4v) is 6.74. The first-order valence-electron chi connectivity index (χ1n) is 21.8. The summed E-state index contributed by atoms with van der Waals surface area (Å²) in [6.45, 7) is 32.5. The van der Waals surface area contributed by atoms with E-state index in [9.17, 15) is 0 Å². The van der Waals surface area contributed by atoms with Gasteiger partial charge in [0.05, 0.1) is 11.1 Å². The topological polar surface area (TPSA) is 71.3 Å². The molecule has 0 saturated carbocycles. The van der Waals surface area contributed by atoms with Crippen molar-refractivity contribution < 1.29 is 0 Å². The van der Waals surface area contributed by atoms with Gasteiger partial charge < -0.3 is 9.88 Å². The number of rotatable bonds is 0. The first-order valence-corrected chi connectivity index (χ1v) is 21.8. The van der Waals surface area contributed by atoms with E-state index in [2.05, 4.69) is 118 Å². The molecule has 0 saturated heterocycles. The summed E-state index contributed by atoms with van der Waals surface area (Å²) < 4.78 is 4.54. The van der Waals surface area contributed by atoms with E-state index in [-0.39, 0.29) is 6.17 Å². The third kappa shape index (κ3) is 9.04. The van der Waals surface area contributed by atoms with Crippen LogP contribution in [0.1, 0.15) is 139 Å². The molecule has 4 aliphatic rings. The monoisotopic (exact) mass is 768 g/mol. The van der Waals surface area contributed by atoms with Crippen LogP contribution >= 0.6 is 0 Å². The van der Waals surface area contributed by atoms with Crippen molar-refractivity contribution in [2.24, 2.45) is 20.0 Å². The summed E-state index contributed by atoms with van der Waals surface area (Å²) in [6, 6.07) is 33.7. The van der Waals surface area contributed by atoms with Crippen molar-refractivity contribution in [2.45, 2.75) is 124 Å². The standard InChI is InChI=1S/C34H21N7.8C2H6/c1-3-11-21-19(9-1)27-17-28-20-10-2-6-14-24(20)32-38-30-22-12-4-5-13-23(22)31(36-30)39-34-26-16-8-7-15-25(26)33(37-29(21)35-27)41(34)18-40(28)32;8*1-2/h1-17,30H,18H2,(H,36,39);8*1-2H3/b28-17-,37-29?,38-32?;;;;;;;;. The molecule has 0 aliphatic carbocycles. The Bertz CT molecular complexity index is 2380. The maximum Gasteiger partial charge on any atom is 0.162 e. The van der Waals surface area contributed by atoms with Crippen LogP contribution in [0.15, 0.2) is 117 Å². The summed E-state index contributed by atoms with van der Waals surface area (Å²) in [6.07, 6.45) is 1.96. The van der Waals surface area contributed by atoms with E-state index < -0.39 is 0 Å². The molecule has 1 atom stereocenters. The number of fused-ring (bicyclic) bond motifs is 15. The van der Waals surface area contributed by atoms with Gasteiger partial charge in [-0.1, -0.05) is 208 Å². The van der Waals surface area contributed by atoms with Crippen LogP contribution in [0.2, 0.25) is 0 Å². The molecule has 6 heterocycles. The van der Waals surface area contributed by atoms with E-state index in [0.717, 1.165) is 83.7 Å². The molecule has 10 rings (SSSR count). The fourth-order valence-electron chi connectivity index (χ4n) is 6.74. The third-order valence-electron chi connectivity index (χ3n) is 8.60. The Balaban J connectivity index is 0.000000632. The Hall–Kier alpha value is -5.56. The third-order valence-corrected chi connectivity index (χ3v) is 8.60. The highest BCUT2D eigenvalue weighted by Crippen LogP contribution is 2.40. The smallest absolute Gasteiger partial charge is 0.162 e. The first-order chi connectivity index (χ1) is 28.3. The van der Waals surface area contributed by atoms with Crippen molar-refractivity contribution in [1.82, 2.24) is 14.5 Å². The minimum atomic E-state index is -0.246. The Morgan fingerprint density at radius 3 is 1.54 bits per heavy atom. The highest BCUT2D eigenvalue weighted by Gasteiger charge is 2.30. The molecule has 1 unspecified atom stereocenters. The van der Waals surface area contributed by atoms with Crippen molar-refractivity contribution in [2.75, 3.05) is 0 Å². The molecular weight excluding hydrogens is 699 g/mol. The zero-order valence-corrected chi connectivity index (χ0v) is 37.8. The minimum absolute atomic E-state index is 0.246. The quantitative estimate of drug-likeness (QED) is 0.164. The maximum absolute atomic E-state index is 5.40. The predicted molar refractivity (Wildman–Crippen MR) is 253 cm³/mol. The van der Waals surface area contributed by atoms with Crippen LogP contribution in [0.25, 0.3) is 27.6 Å². The molecule has 6 aromatic rings. The molecule has 0 fully saturated rings. The van der Waals surface area contributed by atoms with E-state index in [0.29, 0.717) is 6.67 Å². The second-order valence-electron chi connectivity index (χ2n) is 10.8. The van der Waals surface area contributed by atoms with E-state index in [1.807, 2.05) is 111 Å². The molecule has 0 radical (unpaired) electrons. The SMILES string of the molecule is C1=c2/c3ccccc3c3n2Cn2c(c4ccccc4c2N=C2NC(N=3)c3ccccc32)N=C2N=C/1c1ccccc12.CC.CC.CC.CC.CC.CC.CC.CC. The predicted octanol–water partition coefficient (Wildman–Crippen LogP) is 13.3. The largest absolute Gasteiger partial charge is 0.344 e. The van der Waals surface area contributed by atoms with Gasteiger partial charge in [0, 0.05) is 43.8 Å². The molecular formula is C50H69N7. The molecule has 4 aliphatic heterocycles. The Labute approximate surface area is 343 Å². The molecule has 304 valence electrons. The van der Waals surface area contributed by atoms with E-state index in [1.165, 1.54) is 0 Å². The molecule has 7 nitrogen and oxygen atoms in total. The summed E-state index contributed by atoms with van der Waals surface area (Å²) >= 11 is 0. The van der Waals surface area contributed by atoms with E-state index in [4.69, 9.17) is 20.0 Å². The summed E-state index contributed by atoms with van der Waals surface area (Å²) in [7, 11) is 0. The van der Waals surface area contributed by atoms with E-state index in [1.54, 1.807) is 0 Å². The molecule has 0 spiro atoms. The molecule has 7 heteroatoms. The van der Waals surface area contributed by atoms with Crippen LogP contribution in [0.5, 0.6) is 0 Å². The molecule has 57 heavy (non-hydrogen) atoms. The number of hydrogen-bond acceptors (Lipinski definition) is 5. The summed E-state index contributed by atoms with van der Waals surface area (Å²) in [5, 5.41) is 9.07. The molecule has 0 amide bonds. The zero-order valence-electron chi connectivity index (χ0n) is 37.8. The van der Waals surface area contributed by atoms with Gasteiger partial charge in [0.25, 0.3) is 0 Å². The van der Waals surface area contributed by atoms with Crippen LogP contribution in [0, 0.1) is 0 Å². The number of nitrogens with zero attached hydrogens (tertiary/aromatic N) is 6. The number of aliphatic imine (C=N–C) groups is 3. The number of benzene rings is 4. The number of nitrogens with one attached hydrogen (secondary N) is 1. The van der Waals surface area contributed by atoms with Crippen LogP contribution in [0.4, 0.5) is 11.6 Å². The number of aromatic nitrogens is 2. The lowest BCUT2D eigenvalue weighted by atomic mass is 10.0. The summed E-state index contributed by atoms with van der Waals surface area (Å²) in [5.74, 6) is 3.26. The van der Waals surface area contributed by atoms with E-state index >= 15 is 0 Å². The lowest BCUT2D eigenvalue weighted by Gasteiger charge is -2.15. The highest BCUT2D eigenvalue weighted by atomic mass is 15.3.